The Morgan fingerprint density at radius 3 is 2.53 bits per heavy atom. The van der Waals surface area contributed by atoms with Gasteiger partial charge in [0.25, 0.3) is 0 Å². The average Bonchev–Trinajstić information content (AvgIpc) is 2.28. The average molecular weight is 237 g/mol. The van der Waals surface area contributed by atoms with E-state index in [0.29, 0.717) is 5.56 Å². The molecule has 0 heterocycles. The van der Waals surface area contributed by atoms with Gasteiger partial charge in [0.2, 0.25) is 5.91 Å². The number of nitrogens with one attached hydrogen (secondary N) is 1. The molecule has 90 valence electrons. The van der Waals surface area contributed by atoms with Crippen LogP contribution in [0.1, 0.15) is 12.0 Å². The van der Waals surface area contributed by atoms with E-state index in [-0.39, 0.29) is 24.7 Å². The first kappa shape index (κ1) is 12.9. The molecule has 0 saturated heterocycles. The summed E-state index contributed by atoms with van der Waals surface area (Å²) in [6.45, 7) is 0.0852. The molecule has 1 aromatic carbocycles. The zero-order valence-electron chi connectivity index (χ0n) is 9.02. The van der Waals surface area contributed by atoms with Crippen LogP contribution in [0.15, 0.2) is 30.3 Å². The van der Waals surface area contributed by atoms with Crippen molar-refractivity contribution in [3.8, 4) is 0 Å². The van der Waals surface area contributed by atoms with Crippen LogP contribution in [0, 0.1) is 5.82 Å². The summed E-state index contributed by atoms with van der Waals surface area (Å²) in [5.41, 5.74) is 0.694. The van der Waals surface area contributed by atoms with Crippen molar-refractivity contribution in [1.82, 2.24) is 5.32 Å². The van der Waals surface area contributed by atoms with Crippen molar-refractivity contribution in [3.05, 3.63) is 41.7 Å². The molecule has 1 rings (SSSR count). The highest BCUT2D eigenvalue weighted by atomic mass is 19.1. The lowest BCUT2D eigenvalue weighted by atomic mass is 10.2. The molecule has 0 fully saturated rings. The van der Waals surface area contributed by atoms with Crippen molar-refractivity contribution in [3.63, 3.8) is 0 Å². The Balaban J connectivity index is 2.40. The second kappa shape index (κ2) is 6.42. The maximum Gasteiger partial charge on any atom is 0.305 e. The maximum absolute atomic E-state index is 12.6. The van der Waals surface area contributed by atoms with Crippen molar-refractivity contribution in [1.29, 1.82) is 0 Å². The van der Waals surface area contributed by atoms with E-state index < -0.39 is 5.97 Å². The van der Waals surface area contributed by atoms with Crippen LogP contribution in [0.5, 0.6) is 0 Å². The minimum Gasteiger partial charge on any atom is -0.481 e. The smallest absolute Gasteiger partial charge is 0.305 e. The van der Waals surface area contributed by atoms with E-state index in [1.54, 1.807) is 0 Å². The standard InChI is InChI=1S/C12H12FNO3/c13-10-4-1-9(2-5-10)3-6-11(15)14-8-7-12(16)17/h1-6H,7-8H2,(H,14,15)(H,16,17)/b6-3+. The zero-order valence-corrected chi connectivity index (χ0v) is 9.02. The van der Waals surface area contributed by atoms with Gasteiger partial charge in [0, 0.05) is 12.6 Å². The molecular weight excluding hydrogens is 225 g/mol. The molecule has 0 aliphatic carbocycles. The van der Waals surface area contributed by atoms with Crippen LogP contribution >= 0.6 is 0 Å². The van der Waals surface area contributed by atoms with Gasteiger partial charge in [0.1, 0.15) is 5.82 Å². The summed E-state index contributed by atoms with van der Waals surface area (Å²) in [6.07, 6.45) is 2.68. The third kappa shape index (κ3) is 5.46. The van der Waals surface area contributed by atoms with Gasteiger partial charge in [-0.25, -0.2) is 4.39 Å². The Bertz CT molecular complexity index is 426. The molecule has 17 heavy (non-hydrogen) atoms. The van der Waals surface area contributed by atoms with Gasteiger partial charge in [-0.1, -0.05) is 12.1 Å². The quantitative estimate of drug-likeness (QED) is 0.761. The molecule has 0 unspecified atom stereocenters. The molecule has 0 atom stereocenters. The van der Waals surface area contributed by atoms with Crippen LogP contribution in [-0.2, 0) is 9.59 Å². The Labute approximate surface area is 97.8 Å². The van der Waals surface area contributed by atoms with Gasteiger partial charge in [-0.2, -0.15) is 0 Å². The topological polar surface area (TPSA) is 66.4 Å². The van der Waals surface area contributed by atoms with Crippen LogP contribution in [0.4, 0.5) is 4.39 Å². The molecule has 0 radical (unpaired) electrons. The highest BCUT2D eigenvalue weighted by molar-refractivity contribution is 5.91. The molecule has 4 nitrogen and oxygen atoms in total. The molecule has 0 aromatic heterocycles. The second-order valence-corrected chi connectivity index (χ2v) is 3.32. The van der Waals surface area contributed by atoms with Crippen molar-refractivity contribution < 1.29 is 19.1 Å². The number of benzene rings is 1. The van der Waals surface area contributed by atoms with E-state index in [1.807, 2.05) is 0 Å². The Morgan fingerprint density at radius 1 is 1.29 bits per heavy atom. The number of rotatable bonds is 5. The van der Waals surface area contributed by atoms with Crippen LogP contribution in [0.3, 0.4) is 0 Å². The van der Waals surface area contributed by atoms with E-state index in [4.69, 9.17) is 5.11 Å². The molecule has 0 aliphatic heterocycles. The van der Waals surface area contributed by atoms with Gasteiger partial charge in [0.15, 0.2) is 0 Å². The number of aliphatic carboxylic acids is 1. The molecular formula is C12H12FNO3. The third-order valence-electron chi connectivity index (χ3n) is 1.94. The Morgan fingerprint density at radius 2 is 1.94 bits per heavy atom. The van der Waals surface area contributed by atoms with E-state index >= 15 is 0 Å². The number of carbonyl (C=O) groups is 2. The van der Waals surface area contributed by atoms with E-state index in [0.717, 1.165) is 0 Å². The fourth-order valence-corrected chi connectivity index (χ4v) is 1.10. The van der Waals surface area contributed by atoms with Crippen molar-refractivity contribution >= 4 is 18.0 Å². The van der Waals surface area contributed by atoms with Crippen LogP contribution in [-0.4, -0.2) is 23.5 Å². The summed E-state index contributed by atoms with van der Waals surface area (Å²) in [7, 11) is 0. The predicted molar refractivity (Wildman–Crippen MR) is 60.7 cm³/mol. The van der Waals surface area contributed by atoms with Crippen molar-refractivity contribution in [2.75, 3.05) is 6.54 Å². The highest BCUT2D eigenvalue weighted by Gasteiger charge is 1.98. The normalized spacial score (nSPS) is 10.4. The number of hydrogen-bond donors (Lipinski definition) is 2. The lowest BCUT2D eigenvalue weighted by Crippen LogP contribution is -2.23. The van der Waals surface area contributed by atoms with Crippen LogP contribution in [0.2, 0.25) is 0 Å². The van der Waals surface area contributed by atoms with Crippen molar-refractivity contribution in [2.24, 2.45) is 0 Å². The van der Waals surface area contributed by atoms with Gasteiger partial charge >= 0.3 is 5.97 Å². The predicted octanol–water partition coefficient (Wildman–Crippen LogP) is 1.43. The number of halogens is 1. The first-order valence-corrected chi connectivity index (χ1v) is 5.01. The van der Waals surface area contributed by atoms with Crippen molar-refractivity contribution in [2.45, 2.75) is 6.42 Å². The summed E-state index contributed by atoms with van der Waals surface area (Å²) in [5, 5.41) is 10.8. The number of hydrogen-bond acceptors (Lipinski definition) is 2. The summed E-state index contributed by atoms with van der Waals surface area (Å²) >= 11 is 0. The highest BCUT2D eigenvalue weighted by Crippen LogP contribution is 2.04. The summed E-state index contributed by atoms with van der Waals surface area (Å²) in [6, 6.07) is 5.66. The number of carbonyl (C=O) groups excluding carboxylic acids is 1. The lowest BCUT2D eigenvalue weighted by Gasteiger charge is -1.98. The van der Waals surface area contributed by atoms with Gasteiger partial charge in [-0.15, -0.1) is 0 Å². The minimum absolute atomic E-state index is 0.0852. The maximum atomic E-state index is 12.6. The van der Waals surface area contributed by atoms with Crippen LogP contribution < -0.4 is 5.32 Å². The van der Waals surface area contributed by atoms with E-state index in [1.165, 1.54) is 36.4 Å². The van der Waals surface area contributed by atoms with Gasteiger partial charge in [-0.05, 0) is 23.8 Å². The fraction of sp³-hybridized carbons (Fsp3) is 0.167. The molecule has 0 spiro atoms. The van der Waals surface area contributed by atoms with Gasteiger partial charge < -0.3 is 10.4 Å². The Kier molecular flexibility index (Phi) is 4.87. The Hall–Kier alpha value is -2.17. The van der Waals surface area contributed by atoms with E-state index in [2.05, 4.69) is 5.32 Å². The second-order valence-electron chi connectivity index (χ2n) is 3.32. The van der Waals surface area contributed by atoms with E-state index in [9.17, 15) is 14.0 Å². The molecule has 0 bridgehead atoms. The first-order chi connectivity index (χ1) is 8.08. The first-order valence-electron chi connectivity index (χ1n) is 5.01. The molecule has 0 saturated carbocycles. The molecule has 0 aliphatic rings. The SMILES string of the molecule is O=C(O)CCNC(=O)/C=C/c1ccc(F)cc1. The fourth-order valence-electron chi connectivity index (χ4n) is 1.10. The number of carboxylic acid groups (broad SMARTS) is 1. The third-order valence-corrected chi connectivity index (χ3v) is 1.94. The number of carboxylic acids is 1. The minimum atomic E-state index is -0.965. The lowest BCUT2D eigenvalue weighted by molar-refractivity contribution is -0.136. The molecule has 2 N–H and O–H groups in total. The molecule has 1 amide bonds. The summed E-state index contributed by atoms with van der Waals surface area (Å²) < 4.78 is 12.6. The summed E-state index contributed by atoms with van der Waals surface area (Å²) in [5.74, 6) is -1.68. The van der Waals surface area contributed by atoms with Gasteiger partial charge in [0.05, 0.1) is 6.42 Å². The summed E-state index contributed by atoms with van der Waals surface area (Å²) in [4.78, 5) is 21.4. The molecule has 1 aromatic rings. The monoisotopic (exact) mass is 237 g/mol. The largest absolute Gasteiger partial charge is 0.481 e. The zero-order chi connectivity index (χ0) is 12.7. The molecule has 5 heteroatoms. The van der Waals surface area contributed by atoms with Gasteiger partial charge in [-0.3, -0.25) is 9.59 Å². The van der Waals surface area contributed by atoms with Crippen LogP contribution in [0.25, 0.3) is 6.08 Å². The number of amides is 1.